The van der Waals surface area contributed by atoms with Crippen molar-refractivity contribution in [3.8, 4) is 22.4 Å². The molecule has 1 aromatic heterocycles. The highest BCUT2D eigenvalue weighted by atomic mass is 16.6. The summed E-state index contributed by atoms with van der Waals surface area (Å²) >= 11 is 0. The predicted molar refractivity (Wildman–Crippen MR) is 124 cm³/mol. The number of ether oxygens (including phenoxy) is 3. The summed E-state index contributed by atoms with van der Waals surface area (Å²) in [7, 11) is 1.49. The first-order valence-electron chi connectivity index (χ1n) is 11.0. The van der Waals surface area contributed by atoms with Gasteiger partial charge in [0.25, 0.3) is 0 Å². The fraction of sp³-hybridized carbons (Fsp3) is 0.320. The second kappa shape index (κ2) is 9.66. The number of rotatable bonds is 7. The van der Waals surface area contributed by atoms with Crippen LogP contribution in [0.2, 0.25) is 0 Å². The number of anilines is 1. The molecule has 8 nitrogen and oxygen atoms in total. The first-order chi connectivity index (χ1) is 16.2. The molecule has 2 aliphatic rings. The quantitative estimate of drug-likeness (QED) is 0.576. The lowest BCUT2D eigenvalue weighted by atomic mass is 10.0. The second-order valence-corrected chi connectivity index (χ2v) is 8.16. The molecule has 0 bridgehead atoms. The van der Waals surface area contributed by atoms with Gasteiger partial charge in [-0.25, -0.2) is 9.97 Å². The van der Waals surface area contributed by atoms with Crippen LogP contribution in [0.5, 0.6) is 0 Å². The summed E-state index contributed by atoms with van der Waals surface area (Å²) in [4.78, 5) is 20.9. The fourth-order valence-corrected chi connectivity index (χ4v) is 4.35. The highest BCUT2D eigenvalue weighted by Crippen LogP contribution is 2.29. The Balaban J connectivity index is 1.25. The van der Waals surface area contributed by atoms with E-state index in [0.717, 1.165) is 16.8 Å². The van der Waals surface area contributed by atoms with E-state index in [9.17, 15) is 4.79 Å². The summed E-state index contributed by atoms with van der Waals surface area (Å²) in [5.74, 6) is 0.338. The number of hydrogen-bond donors (Lipinski definition) is 2. The van der Waals surface area contributed by atoms with Crippen LogP contribution < -0.4 is 10.6 Å². The fourth-order valence-electron chi connectivity index (χ4n) is 4.35. The van der Waals surface area contributed by atoms with Crippen molar-refractivity contribution in [2.24, 2.45) is 0 Å². The summed E-state index contributed by atoms with van der Waals surface area (Å²) in [6.07, 6.45) is 1.35. The van der Waals surface area contributed by atoms with E-state index in [2.05, 4.69) is 52.0 Å². The molecule has 0 radical (unpaired) electrons. The van der Waals surface area contributed by atoms with Crippen LogP contribution in [0.15, 0.2) is 66.9 Å². The van der Waals surface area contributed by atoms with Crippen LogP contribution in [0.4, 0.5) is 5.95 Å². The van der Waals surface area contributed by atoms with Gasteiger partial charge in [-0.2, -0.15) is 0 Å². The molecular weight excluding hydrogens is 420 g/mol. The number of aromatic nitrogens is 2. The number of carbonyl (C=O) groups is 1. The van der Waals surface area contributed by atoms with E-state index in [1.54, 1.807) is 6.20 Å². The molecule has 4 atom stereocenters. The molecular formula is C25H26N4O4. The van der Waals surface area contributed by atoms with E-state index >= 15 is 0 Å². The van der Waals surface area contributed by atoms with Gasteiger partial charge in [-0.05, 0) is 17.2 Å². The Morgan fingerprint density at radius 1 is 0.939 bits per heavy atom. The van der Waals surface area contributed by atoms with Gasteiger partial charge in [0, 0.05) is 18.9 Å². The first kappa shape index (κ1) is 21.5. The van der Waals surface area contributed by atoms with E-state index in [1.165, 1.54) is 12.7 Å². The monoisotopic (exact) mass is 446 g/mol. The Hall–Kier alpha value is -3.33. The Kier molecular flexibility index (Phi) is 6.30. The van der Waals surface area contributed by atoms with Crippen molar-refractivity contribution < 1.29 is 19.0 Å². The molecule has 0 spiro atoms. The van der Waals surface area contributed by atoms with Crippen LogP contribution in [0.25, 0.3) is 22.4 Å². The summed E-state index contributed by atoms with van der Waals surface area (Å²) < 4.78 is 16.7. The van der Waals surface area contributed by atoms with Gasteiger partial charge >= 0.3 is 0 Å². The zero-order valence-electron chi connectivity index (χ0n) is 18.3. The zero-order chi connectivity index (χ0) is 22.6. The van der Waals surface area contributed by atoms with Crippen molar-refractivity contribution >= 4 is 11.9 Å². The Bertz CT molecular complexity index is 1090. The maximum atomic E-state index is 11.9. The molecule has 2 aromatic carbocycles. The van der Waals surface area contributed by atoms with Gasteiger partial charge in [-0.15, -0.1) is 0 Å². The molecule has 2 aliphatic heterocycles. The van der Waals surface area contributed by atoms with E-state index in [4.69, 9.17) is 19.2 Å². The van der Waals surface area contributed by atoms with Crippen molar-refractivity contribution in [1.29, 1.82) is 0 Å². The molecule has 1 amide bonds. The molecule has 170 valence electrons. The maximum absolute atomic E-state index is 11.9. The normalized spacial score (nSPS) is 23.8. The molecule has 5 rings (SSSR count). The molecule has 2 fully saturated rings. The van der Waals surface area contributed by atoms with Crippen LogP contribution in [0.3, 0.4) is 0 Å². The third-order valence-electron chi connectivity index (χ3n) is 5.93. The summed E-state index contributed by atoms with van der Waals surface area (Å²) in [5.41, 5.74) is 4.18. The SMILES string of the molecule is COCC(=O)N[C@@H]1CO[C@@H]2[C@@H]1OC[C@@H]2Nc1nccc(-c2ccc(-c3ccccc3)cc2)n1. The Labute approximate surface area is 192 Å². The topological polar surface area (TPSA) is 94.6 Å². The lowest BCUT2D eigenvalue weighted by Crippen LogP contribution is -2.45. The third-order valence-corrected chi connectivity index (χ3v) is 5.93. The minimum absolute atomic E-state index is 0.0164. The number of amides is 1. The van der Waals surface area contributed by atoms with Gasteiger partial charge in [-0.1, -0.05) is 54.6 Å². The largest absolute Gasteiger partial charge is 0.375 e. The van der Waals surface area contributed by atoms with Crippen LogP contribution in [0, 0.1) is 0 Å². The number of carbonyl (C=O) groups excluding carboxylic acids is 1. The van der Waals surface area contributed by atoms with Crippen molar-refractivity contribution in [2.75, 3.05) is 32.2 Å². The molecule has 3 aromatic rings. The van der Waals surface area contributed by atoms with E-state index in [0.29, 0.717) is 19.2 Å². The van der Waals surface area contributed by atoms with Crippen LogP contribution in [-0.2, 0) is 19.0 Å². The number of nitrogens with zero attached hydrogens (tertiary/aromatic N) is 2. The molecule has 2 N–H and O–H groups in total. The van der Waals surface area contributed by atoms with Gasteiger partial charge in [0.05, 0.1) is 31.0 Å². The molecule has 0 saturated carbocycles. The molecule has 0 aliphatic carbocycles. The first-order valence-corrected chi connectivity index (χ1v) is 11.0. The number of benzene rings is 2. The number of methoxy groups -OCH3 is 1. The summed E-state index contributed by atoms with van der Waals surface area (Å²) in [5, 5.41) is 6.26. The lowest BCUT2D eigenvalue weighted by Gasteiger charge is -2.18. The molecule has 33 heavy (non-hydrogen) atoms. The van der Waals surface area contributed by atoms with Gasteiger partial charge in [0.15, 0.2) is 0 Å². The molecule has 2 saturated heterocycles. The molecule has 0 unspecified atom stereocenters. The van der Waals surface area contributed by atoms with E-state index in [1.807, 2.05) is 24.3 Å². The summed E-state index contributed by atoms with van der Waals surface area (Å²) in [6.45, 7) is 0.867. The van der Waals surface area contributed by atoms with E-state index < -0.39 is 0 Å². The Morgan fingerprint density at radius 2 is 1.61 bits per heavy atom. The molecule has 3 heterocycles. The zero-order valence-corrected chi connectivity index (χ0v) is 18.3. The van der Waals surface area contributed by atoms with Gasteiger partial charge < -0.3 is 24.8 Å². The number of fused-ring (bicyclic) bond motifs is 1. The standard InChI is InChI=1S/C25H26N4O4/c1-31-15-22(30)27-20-13-32-24-21(14-33-23(20)24)29-25-26-12-11-19(28-25)18-9-7-17(8-10-18)16-5-3-2-4-6-16/h2-12,20-21,23-24H,13-15H2,1H3,(H,27,30)(H,26,28,29)/t20-,21+,23-,24+/m1/s1. The maximum Gasteiger partial charge on any atom is 0.246 e. The number of nitrogens with one attached hydrogen (secondary N) is 2. The predicted octanol–water partition coefficient (Wildman–Crippen LogP) is 2.52. The number of hydrogen-bond acceptors (Lipinski definition) is 7. The summed E-state index contributed by atoms with van der Waals surface area (Å²) in [6, 6.07) is 20.2. The highest BCUT2D eigenvalue weighted by Gasteiger charge is 2.48. The smallest absolute Gasteiger partial charge is 0.246 e. The van der Waals surface area contributed by atoms with E-state index in [-0.39, 0.29) is 36.8 Å². The van der Waals surface area contributed by atoms with Gasteiger partial charge in [-0.3, -0.25) is 4.79 Å². The van der Waals surface area contributed by atoms with Crippen molar-refractivity contribution in [3.63, 3.8) is 0 Å². The van der Waals surface area contributed by atoms with Crippen LogP contribution in [-0.4, -0.2) is 67.1 Å². The average molecular weight is 447 g/mol. The third kappa shape index (κ3) is 4.73. The van der Waals surface area contributed by atoms with Gasteiger partial charge in [0.1, 0.15) is 18.8 Å². The van der Waals surface area contributed by atoms with Crippen molar-refractivity contribution in [2.45, 2.75) is 24.3 Å². The lowest BCUT2D eigenvalue weighted by molar-refractivity contribution is -0.126. The van der Waals surface area contributed by atoms with Gasteiger partial charge in [0.2, 0.25) is 11.9 Å². The van der Waals surface area contributed by atoms with Crippen LogP contribution in [0.1, 0.15) is 0 Å². The molecule has 8 heteroatoms. The Morgan fingerprint density at radius 3 is 2.36 bits per heavy atom. The minimum Gasteiger partial charge on any atom is -0.375 e. The van der Waals surface area contributed by atoms with Crippen molar-refractivity contribution in [1.82, 2.24) is 15.3 Å². The second-order valence-electron chi connectivity index (χ2n) is 8.16. The average Bonchev–Trinajstić information content (AvgIpc) is 3.43. The minimum atomic E-state index is -0.211. The van der Waals surface area contributed by atoms with Crippen molar-refractivity contribution in [3.05, 3.63) is 66.9 Å². The highest BCUT2D eigenvalue weighted by molar-refractivity contribution is 5.77. The van der Waals surface area contributed by atoms with Crippen LogP contribution >= 0.6 is 0 Å².